The Morgan fingerprint density at radius 2 is 2.03 bits per heavy atom. The van der Waals surface area contributed by atoms with E-state index < -0.39 is 18.1 Å². The van der Waals surface area contributed by atoms with Gasteiger partial charge in [0.2, 0.25) is 0 Å². The van der Waals surface area contributed by atoms with Crippen molar-refractivity contribution < 1.29 is 32.9 Å². The maximum absolute atomic E-state index is 13.7. The van der Waals surface area contributed by atoms with Crippen LogP contribution in [0, 0.1) is 5.82 Å². The largest absolute Gasteiger partial charge is 0.493 e. The number of hydrogen-bond acceptors (Lipinski definition) is 6. The second-order valence-corrected chi connectivity index (χ2v) is 9.08. The first kappa shape index (κ1) is 25.9. The normalized spacial score (nSPS) is 14.1. The molecular formula is C27H26ClF2NO5. The van der Waals surface area contributed by atoms with Gasteiger partial charge in [-0.05, 0) is 55.8 Å². The first-order chi connectivity index (χ1) is 17.2. The van der Waals surface area contributed by atoms with Crippen LogP contribution in [0.5, 0.6) is 17.2 Å². The summed E-state index contributed by atoms with van der Waals surface area (Å²) in [4.78, 5) is 17.5. The number of aliphatic hydroxyl groups is 1. The number of methoxy groups -OCH3 is 1. The quantitative estimate of drug-likeness (QED) is 0.347. The van der Waals surface area contributed by atoms with Crippen molar-refractivity contribution in [2.24, 2.45) is 0 Å². The number of rotatable bonds is 10. The Balaban J connectivity index is 1.56. The Labute approximate surface area is 212 Å². The van der Waals surface area contributed by atoms with E-state index in [1.54, 1.807) is 31.2 Å². The summed E-state index contributed by atoms with van der Waals surface area (Å²) in [6.07, 6.45) is 0.775. The minimum atomic E-state index is -1.43. The molecule has 1 N–H and O–H groups in total. The monoisotopic (exact) mass is 517 g/mol. The fourth-order valence-corrected chi connectivity index (χ4v) is 4.23. The molecule has 0 fully saturated rings. The van der Waals surface area contributed by atoms with Crippen LogP contribution in [-0.2, 0) is 12.0 Å². The van der Waals surface area contributed by atoms with Gasteiger partial charge >= 0.3 is 0 Å². The maximum atomic E-state index is 13.7. The van der Waals surface area contributed by atoms with E-state index in [4.69, 9.17) is 25.8 Å². The van der Waals surface area contributed by atoms with Crippen molar-refractivity contribution in [1.29, 1.82) is 0 Å². The van der Waals surface area contributed by atoms with Crippen molar-refractivity contribution in [3.8, 4) is 28.5 Å². The van der Waals surface area contributed by atoms with Gasteiger partial charge in [-0.15, -0.1) is 0 Å². The molecule has 36 heavy (non-hydrogen) atoms. The molecule has 0 amide bonds. The Bertz CT molecular complexity index is 1280. The second-order valence-electron chi connectivity index (χ2n) is 8.67. The fraction of sp³-hybridized carbons (Fsp3) is 0.333. The molecule has 2 heterocycles. The molecular weight excluding hydrogens is 492 g/mol. The molecule has 1 aliphatic heterocycles. The third-order valence-electron chi connectivity index (χ3n) is 6.07. The predicted molar refractivity (Wildman–Crippen MR) is 131 cm³/mol. The summed E-state index contributed by atoms with van der Waals surface area (Å²) in [7, 11) is 1.44. The Morgan fingerprint density at radius 1 is 1.22 bits per heavy atom. The number of ether oxygens (including phenoxy) is 3. The van der Waals surface area contributed by atoms with E-state index in [0.717, 1.165) is 5.56 Å². The molecule has 2 aromatic carbocycles. The number of alkyl halides is 1. The van der Waals surface area contributed by atoms with Gasteiger partial charge in [-0.1, -0.05) is 11.6 Å². The van der Waals surface area contributed by atoms with E-state index in [9.17, 15) is 18.7 Å². The highest BCUT2D eigenvalue weighted by molar-refractivity contribution is 6.31. The molecule has 0 spiro atoms. The molecule has 1 unspecified atom stereocenters. The number of carbonyl (C=O) groups excluding carboxylic acids is 1. The number of carbonyl (C=O) groups is 1. The number of halogens is 3. The van der Waals surface area contributed by atoms with Gasteiger partial charge in [-0.2, -0.15) is 0 Å². The summed E-state index contributed by atoms with van der Waals surface area (Å²) >= 11 is 5.98. The number of pyridine rings is 1. The molecule has 1 atom stereocenters. The molecule has 3 aromatic rings. The summed E-state index contributed by atoms with van der Waals surface area (Å²) in [6, 6.07) is 10.7. The molecule has 6 nitrogen and oxygen atoms in total. The highest BCUT2D eigenvalue weighted by atomic mass is 35.5. The smallest absolute Gasteiger partial charge is 0.163 e. The van der Waals surface area contributed by atoms with Crippen LogP contribution in [0.4, 0.5) is 8.78 Å². The number of hydrogen-bond donors (Lipinski definition) is 1. The van der Waals surface area contributed by atoms with Crippen LogP contribution in [-0.4, -0.2) is 42.9 Å². The molecule has 4 rings (SSSR count). The number of aromatic nitrogens is 1. The van der Waals surface area contributed by atoms with Crippen LogP contribution < -0.4 is 14.2 Å². The van der Waals surface area contributed by atoms with Crippen LogP contribution >= 0.6 is 11.6 Å². The summed E-state index contributed by atoms with van der Waals surface area (Å²) < 4.78 is 42.4. The molecule has 0 aliphatic carbocycles. The lowest BCUT2D eigenvalue weighted by molar-refractivity contribution is 0.0397. The van der Waals surface area contributed by atoms with Crippen LogP contribution in [0.25, 0.3) is 11.3 Å². The SMILES string of the molecule is COc1cc(C(=O)CCC(C)(O)c2cc3c(c(-c4ccc(F)c(Cl)c4)n2)OCC3)ccc1OCCF. The van der Waals surface area contributed by atoms with Gasteiger partial charge in [-0.3, -0.25) is 4.79 Å². The van der Waals surface area contributed by atoms with Gasteiger partial charge in [0.15, 0.2) is 17.3 Å². The lowest BCUT2D eigenvalue weighted by atomic mass is 9.91. The first-order valence-corrected chi connectivity index (χ1v) is 11.9. The van der Waals surface area contributed by atoms with E-state index in [0.29, 0.717) is 52.8 Å². The highest BCUT2D eigenvalue weighted by Gasteiger charge is 2.30. The average molecular weight is 518 g/mol. The Kier molecular flexibility index (Phi) is 7.76. The van der Waals surface area contributed by atoms with Crippen molar-refractivity contribution in [2.75, 3.05) is 27.0 Å². The van der Waals surface area contributed by atoms with E-state index in [1.165, 1.54) is 25.3 Å². The minimum absolute atomic E-state index is 0.0355. The fourth-order valence-electron chi connectivity index (χ4n) is 4.05. The number of ketones is 1. The molecule has 0 radical (unpaired) electrons. The summed E-state index contributed by atoms with van der Waals surface area (Å²) in [5, 5.41) is 11.3. The van der Waals surface area contributed by atoms with Gasteiger partial charge < -0.3 is 19.3 Å². The van der Waals surface area contributed by atoms with Crippen molar-refractivity contribution in [3.05, 3.63) is 70.1 Å². The van der Waals surface area contributed by atoms with Crippen LogP contribution in [0.3, 0.4) is 0 Å². The van der Waals surface area contributed by atoms with Crippen LogP contribution in [0.1, 0.15) is 41.4 Å². The number of benzene rings is 2. The molecule has 190 valence electrons. The average Bonchev–Trinajstić information content (AvgIpc) is 3.36. The van der Waals surface area contributed by atoms with E-state index in [-0.39, 0.29) is 30.3 Å². The molecule has 1 aliphatic rings. The first-order valence-electron chi connectivity index (χ1n) is 11.5. The number of fused-ring (bicyclic) bond motifs is 1. The van der Waals surface area contributed by atoms with Crippen molar-refractivity contribution in [2.45, 2.75) is 31.8 Å². The van der Waals surface area contributed by atoms with E-state index in [2.05, 4.69) is 4.98 Å². The van der Waals surface area contributed by atoms with Gasteiger partial charge in [0.1, 0.15) is 36.1 Å². The lowest BCUT2D eigenvalue weighted by Crippen LogP contribution is -2.24. The molecule has 9 heteroatoms. The zero-order valence-electron chi connectivity index (χ0n) is 19.9. The van der Waals surface area contributed by atoms with Gasteiger partial charge in [0, 0.05) is 29.5 Å². The van der Waals surface area contributed by atoms with Crippen molar-refractivity contribution >= 4 is 17.4 Å². The zero-order chi connectivity index (χ0) is 25.9. The zero-order valence-corrected chi connectivity index (χ0v) is 20.7. The van der Waals surface area contributed by atoms with Crippen LogP contribution in [0.2, 0.25) is 5.02 Å². The summed E-state index contributed by atoms with van der Waals surface area (Å²) in [6.45, 7) is 1.31. The van der Waals surface area contributed by atoms with Gasteiger partial charge in [-0.25, -0.2) is 13.8 Å². The standard InChI is InChI=1S/C27H26ClF2NO5/c1-27(33,9-7-21(32)16-4-6-22(35-12-10-29)23(14-16)34-2)24-15-18-8-11-36-26(18)25(31-24)17-3-5-20(30)19(28)13-17/h3-6,13-15,33H,7-12H2,1-2H3. The van der Waals surface area contributed by atoms with E-state index >= 15 is 0 Å². The third-order valence-corrected chi connectivity index (χ3v) is 6.36. The van der Waals surface area contributed by atoms with Crippen molar-refractivity contribution in [1.82, 2.24) is 4.98 Å². The topological polar surface area (TPSA) is 77.9 Å². The second kappa shape index (κ2) is 10.8. The molecule has 0 bridgehead atoms. The lowest BCUT2D eigenvalue weighted by Gasteiger charge is -2.24. The Morgan fingerprint density at radius 3 is 2.75 bits per heavy atom. The predicted octanol–water partition coefficient (Wildman–Crippen LogP) is 5.70. The van der Waals surface area contributed by atoms with Crippen LogP contribution in [0.15, 0.2) is 42.5 Å². The molecule has 0 saturated heterocycles. The van der Waals surface area contributed by atoms with Gasteiger partial charge in [0.05, 0.1) is 24.4 Å². The highest BCUT2D eigenvalue weighted by Crippen LogP contribution is 2.40. The third kappa shape index (κ3) is 5.44. The number of nitrogens with zero attached hydrogens (tertiary/aromatic N) is 1. The molecule has 1 aromatic heterocycles. The maximum Gasteiger partial charge on any atom is 0.163 e. The van der Waals surface area contributed by atoms with E-state index in [1.807, 2.05) is 0 Å². The van der Waals surface area contributed by atoms with Gasteiger partial charge in [0.25, 0.3) is 0 Å². The summed E-state index contributed by atoms with van der Waals surface area (Å²) in [5.74, 6) is 0.495. The Hall–Kier alpha value is -3.23. The summed E-state index contributed by atoms with van der Waals surface area (Å²) in [5.41, 5.74) is 1.23. The number of Topliss-reactive ketones (excluding diaryl/α,β-unsaturated/α-hetero) is 1. The minimum Gasteiger partial charge on any atom is -0.493 e. The van der Waals surface area contributed by atoms with Crippen molar-refractivity contribution in [3.63, 3.8) is 0 Å². The molecule has 0 saturated carbocycles.